The molecule has 1 aliphatic heterocycles. The van der Waals surface area contributed by atoms with Gasteiger partial charge in [-0.3, -0.25) is 9.59 Å². The number of ketones is 1. The number of piperidine rings is 1. The van der Waals surface area contributed by atoms with E-state index >= 15 is 0 Å². The van der Waals surface area contributed by atoms with Crippen LogP contribution in [0.1, 0.15) is 30.1 Å². The molecule has 2 aromatic carbocycles. The number of ether oxygens (including phenoxy) is 2. The SMILES string of the molecule is COc1ccc(OC)c(S(=O)(=O)N2CCC(C(=O)Nc3cccc(C(C)=O)c3)CC2)c1. The Hall–Kier alpha value is -2.91. The molecule has 0 spiro atoms. The smallest absolute Gasteiger partial charge is 0.246 e. The summed E-state index contributed by atoms with van der Waals surface area (Å²) in [6.45, 7) is 1.90. The number of nitrogens with zero attached hydrogens (tertiary/aromatic N) is 1. The number of Topliss-reactive ketones (excluding diaryl/α,β-unsaturated/α-hetero) is 1. The average Bonchev–Trinajstić information content (AvgIpc) is 2.78. The summed E-state index contributed by atoms with van der Waals surface area (Å²) in [6.07, 6.45) is 0.785. The second-order valence-corrected chi connectivity index (χ2v) is 9.23. The lowest BCUT2D eigenvalue weighted by atomic mass is 9.97. The summed E-state index contributed by atoms with van der Waals surface area (Å²) < 4.78 is 38.1. The number of sulfonamides is 1. The van der Waals surface area contributed by atoms with E-state index in [9.17, 15) is 18.0 Å². The van der Waals surface area contributed by atoms with Gasteiger partial charge in [0.1, 0.15) is 16.4 Å². The second kappa shape index (κ2) is 9.49. The van der Waals surface area contributed by atoms with Gasteiger partial charge in [0.05, 0.1) is 14.2 Å². The molecule has 0 atom stereocenters. The zero-order valence-electron chi connectivity index (χ0n) is 17.8. The van der Waals surface area contributed by atoms with Crippen molar-refractivity contribution in [1.82, 2.24) is 4.31 Å². The van der Waals surface area contributed by atoms with Gasteiger partial charge in [0.15, 0.2) is 5.78 Å². The highest BCUT2D eigenvalue weighted by Crippen LogP contribution is 2.32. The third-order valence-electron chi connectivity index (χ3n) is 5.35. The minimum Gasteiger partial charge on any atom is -0.497 e. The minimum absolute atomic E-state index is 0.0401. The molecule has 8 nitrogen and oxygen atoms in total. The average molecular weight is 447 g/mol. The molecule has 1 amide bonds. The summed E-state index contributed by atoms with van der Waals surface area (Å²) in [5, 5.41) is 2.83. The molecule has 1 N–H and O–H groups in total. The van der Waals surface area contributed by atoms with Gasteiger partial charge in [-0.05, 0) is 44.0 Å². The monoisotopic (exact) mass is 446 g/mol. The van der Waals surface area contributed by atoms with Crippen LogP contribution < -0.4 is 14.8 Å². The summed E-state index contributed by atoms with van der Waals surface area (Å²) in [5.41, 5.74) is 1.07. The molecule has 1 fully saturated rings. The molecule has 1 aliphatic rings. The van der Waals surface area contributed by atoms with E-state index in [4.69, 9.17) is 9.47 Å². The van der Waals surface area contributed by atoms with Crippen LogP contribution in [0.5, 0.6) is 11.5 Å². The first-order chi connectivity index (χ1) is 14.8. The van der Waals surface area contributed by atoms with Gasteiger partial charge in [0.25, 0.3) is 0 Å². The van der Waals surface area contributed by atoms with Crippen molar-refractivity contribution in [1.29, 1.82) is 0 Å². The highest BCUT2D eigenvalue weighted by atomic mass is 32.2. The predicted octanol–water partition coefficient (Wildman–Crippen LogP) is 2.95. The van der Waals surface area contributed by atoms with Crippen LogP contribution in [0.3, 0.4) is 0 Å². The summed E-state index contributed by atoms with van der Waals surface area (Å²) in [7, 11) is -0.920. The molecule has 166 valence electrons. The molecule has 0 aliphatic carbocycles. The molecule has 3 rings (SSSR count). The van der Waals surface area contributed by atoms with Crippen molar-refractivity contribution in [3.05, 3.63) is 48.0 Å². The molecule has 0 unspecified atom stereocenters. The van der Waals surface area contributed by atoms with E-state index in [1.54, 1.807) is 36.4 Å². The van der Waals surface area contributed by atoms with E-state index in [1.807, 2.05) is 0 Å². The standard InChI is InChI=1S/C22H26N2O6S/c1-15(25)17-5-4-6-18(13-17)23-22(26)16-9-11-24(12-10-16)31(27,28)21-14-19(29-2)7-8-20(21)30-3/h4-8,13-14,16H,9-12H2,1-3H3,(H,23,26). The highest BCUT2D eigenvalue weighted by Gasteiger charge is 2.34. The van der Waals surface area contributed by atoms with Crippen molar-refractivity contribution < 1.29 is 27.5 Å². The van der Waals surface area contributed by atoms with E-state index in [0.29, 0.717) is 29.8 Å². The molecule has 0 aromatic heterocycles. The maximum absolute atomic E-state index is 13.2. The molecule has 0 radical (unpaired) electrons. The summed E-state index contributed by atoms with van der Waals surface area (Å²) in [6, 6.07) is 11.4. The van der Waals surface area contributed by atoms with Gasteiger partial charge in [-0.15, -0.1) is 0 Å². The molecular weight excluding hydrogens is 420 g/mol. The lowest BCUT2D eigenvalue weighted by molar-refractivity contribution is -0.120. The van der Waals surface area contributed by atoms with Gasteiger partial charge in [-0.2, -0.15) is 4.31 Å². The Labute approximate surface area is 182 Å². The Morgan fingerprint density at radius 3 is 2.35 bits per heavy atom. The molecule has 0 saturated carbocycles. The minimum atomic E-state index is -3.80. The molecule has 1 saturated heterocycles. The number of carbonyl (C=O) groups excluding carboxylic acids is 2. The Kier molecular flexibility index (Phi) is 6.97. The Morgan fingerprint density at radius 1 is 1.03 bits per heavy atom. The third-order valence-corrected chi connectivity index (χ3v) is 7.27. The lowest BCUT2D eigenvalue weighted by Crippen LogP contribution is -2.41. The largest absolute Gasteiger partial charge is 0.497 e. The molecule has 2 aromatic rings. The maximum atomic E-state index is 13.2. The van der Waals surface area contributed by atoms with E-state index in [0.717, 1.165) is 0 Å². The number of methoxy groups -OCH3 is 2. The van der Waals surface area contributed by atoms with Crippen molar-refractivity contribution in [3.8, 4) is 11.5 Å². The van der Waals surface area contributed by atoms with Crippen molar-refractivity contribution in [2.75, 3.05) is 32.6 Å². The van der Waals surface area contributed by atoms with Gasteiger partial charge in [0.2, 0.25) is 15.9 Å². The number of hydrogen-bond donors (Lipinski definition) is 1. The van der Waals surface area contributed by atoms with E-state index in [-0.39, 0.29) is 41.3 Å². The fourth-order valence-corrected chi connectivity index (χ4v) is 5.18. The number of benzene rings is 2. The van der Waals surface area contributed by atoms with Gasteiger partial charge < -0.3 is 14.8 Å². The Morgan fingerprint density at radius 2 is 1.74 bits per heavy atom. The molecule has 31 heavy (non-hydrogen) atoms. The van der Waals surface area contributed by atoms with Crippen LogP contribution in [0, 0.1) is 5.92 Å². The highest BCUT2D eigenvalue weighted by molar-refractivity contribution is 7.89. The van der Waals surface area contributed by atoms with E-state index in [1.165, 1.54) is 31.5 Å². The number of rotatable bonds is 7. The quantitative estimate of drug-likeness (QED) is 0.656. The first kappa shape index (κ1) is 22.8. The van der Waals surface area contributed by atoms with Crippen molar-refractivity contribution in [2.45, 2.75) is 24.7 Å². The van der Waals surface area contributed by atoms with Crippen LogP contribution >= 0.6 is 0 Å². The predicted molar refractivity (Wildman–Crippen MR) is 116 cm³/mol. The first-order valence-electron chi connectivity index (χ1n) is 9.90. The van der Waals surface area contributed by atoms with Crippen LogP contribution in [-0.2, 0) is 14.8 Å². The number of carbonyl (C=O) groups is 2. The van der Waals surface area contributed by atoms with Crippen LogP contribution in [-0.4, -0.2) is 51.7 Å². The topological polar surface area (TPSA) is 102 Å². The second-order valence-electron chi connectivity index (χ2n) is 7.32. The molecular formula is C22H26N2O6S. The number of nitrogens with one attached hydrogen (secondary N) is 1. The molecule has 1 heterocycles. The van der Waals surface area contributed by atoms with Crippen molar-refractivity contribution in [2.24, 2.45) is 5.92 Å². The van der Waals surface area contributed by atoms with E-state index < -0.39 is 10.0 Å². The number of hydrogen-bond acceptors (Lipinski definition) is 6. The zero-order chi connectivity index (χ0) is 22.6. The Balaban J connectivity index is 1.68. The lowest BCUT2D eigenvalue weighted by Gasteiger charge is -2.31. The number of amides is 1. The molecule has 9 heteroatoms. The van der Waals surface area contributed by atoms with Gasteiger partial charge in [-0.25, -0.2) is 8.42 Å². The first-order valence-corrected chi connectivity index (χ1v) is 11.3. The number of anilines is 1. The van der Waals surface area contributed by atoms with Crippen LogP contribution in [0.2, 0.25) is 0 Å². The van der Waals surface area contributed by atoms with Crippen LogP contribution in [0.15, 0.2) is 47.4 Å². The summed E-state index contributed by atoms with van der Waals surface area (Å²) >= 11 is 0. The normalized spacial score (nSPS) is 15.3. The molecule has 0 bridgehead atoms. The third kappa shape index (κ3) is 5.05. The van der Waals surface area contributed by atoms with Crippen molar-refractivity contribution in [3.63, 3.8) is 0 Å². The van der Waals surface area contributed by atoms with Crippen LogP contribution in [0.4, 0.5) is 5.69 Å². The summed E-state index contributed by atoms with van der Waals surface area (Å²) in [5.74, 6) is 0.0754. The summed E-state index contributed by atoms with van der Waals surface area (Å²) in [4.78, 5) is 24.2. The fourth-order valence-electron chi connectivity index (χ4n) is 3.54. The van der Waals surface area contributed by atoms with E-state index in [2.05, 4.69) is 5.32 Å². The van der Waals surface area contributed by atoms with Gasteiger partial charge >= 0.3 is 0 Å². The maximum Gasteiger partial charge on any atom is 0.246 e. The van der Waals surface area contributed by atoms with Crippen molar-refractivity contribution >= 4 is 27.4 Å². The Bertz CT molecular complexity index is 1080. The van der Waals surface area contributed by atoms with Gasteiger partial charge in [-0.1, -0.05) is 12.1 Å². The van der Waals surface area contributed by atoms with Gasteiger partial charge in [0, 0.05) is 36.3 Å². The fraction of sp³-hybridized carbons (Fsp3) is 0.364. The zero-order valence-corrected chi connectivity index (χ0v) is 18.6. The van der Waals surface area contributed by atoms with Crippen LogP contribution in [0.25, 0.3) is 0 Å².